The minimum Gasteiger partial charge on any atom is -0.466 e. The largest absolute Gasteiger partial charge is 0.466 e. The number of allylic oxidation sites excluding steroid dienone is 4. The third-order valence-corrected chi connectivity index (χ3v) is 19.0. The first kappa shape index (κ1) is 85.3. The van der Waals surface area contributed by atoms with Crippen LogP contribution in [0.2, 0.25) is 0 Å². The van der Waals surface area contributed by atoms with Crippen molar-refractivity contribution in [1.82, 2.24) is 5.32 Å². The summed E-state index contributed by atoms with van der Waals surface area (Å²) in [6.07, 6.45) is 98.6. The van der Waals surface area contributed by atoms with Gasteiger partial charge in [0.1, 0.15) is 0 Å². The van der Waals surface area contributed by atoms with Crippen molar-refractivity contribution in [2.75, 3.05) is 13.2 Å². The Balaban J connectivity index is 3.28. The molecule has 0 radical (unpaired) electrons. The number of amides is 1. The van der Waals surface area contributed by atoms with Crippen LogP contribution in [-0.4, -0.2) is 47.4 Å². The topological polar surface area (TPSA) is 95.9 Å². The van der Waals surface area contributed by atoms with Crippen molar-refractivity contribution in [3.8, 4) is 0 Å². The molecule has 2 unspecified atom stereocenters. The number of rotatable bonds is 76. The lowest BCUT2D eigenvalue weighted by atomic mass is 10.0. The van der Waals surface area contributed by atoms with E-state index in [1.807, 2.05) is 0 Å². The van der Waals surface area contributed by atoms with Crippen LogP contribution in [0, 0.1) is 0 Å². The maximum absolute atomic E-state index is 12.5. The van der Waals surface area contributed by atoms with E-state index < -0.39 is 12.1 Å². The first-order chi connectivity index (χ1) is 43.0. The smallest absolute Gasteiger partial charge is 0.305 e. The zero-order valence-corrected chi connectivity index (χ0v) is 59.3. The van der Waals surface area contributed by atoms with E-state index in [9.17, 15) is 19.8 Å². The second-order valence-electron chi connectivity index (χ2n) is 27.8. The van der Waals surface area contributed by atoms with Gasteiger partial charge < -0.3 is 20.3 Å². The van der Waals surface area contributed by atoms with Gasteiger partial charge >= 0.3 is 5.97 Å². The summed E-state index contributed by atoms with van der Waals surface area (Å²) in [7, 11) is 0. The summed E-state index contributed by atoms with van der Waals surface area (Å²) in [6, 6.07) is -0.536. The van der Waals surface area contributed by atoms with Crippen molar-refractivity contribution in [2.45, 2.75) is 469 Å². The molecule has 0 fully saturated rings. The third kappa shape index (κ3) is 73.3. The lowest BCUT2D eigenvalue weighted by molar-refractivity contribution is -0.143. The van der Waals surface area contributed by atoms with Crippen LogP contribution in [0.1, 0.15) is 457 Å². The Bertz CT molecular complexity index is 1360. The predicted octanol–water partition coefficient (Wildman–Crippen LogP) is 26.4. The highest BCUT2D eigenvalue weighted by atomic mass is 16.5. The van der Waals surface area contributed by atoms with Crippen molar-refractivity contribution < 1.29 is 24.5 Å². The van der Waals surface area contributed by atoms with E-state index >= 15 is 0 Å². The molecular formula is C81H157NO5. The lowest BCUT2D eigenvalue weighted by Gasteiger charge is -2.22. The van der Waals surface area contributed by atoms with Crippen LogP contribution in [0.25, 0.3) is 0 Å². The van der Waals surface area contributed by atoms with Crippen molar-refractivity contribution in [3.63, 3.8) is 0 Å². The average Bonchev–Trinajstić information content (AvgIpc) is 3.53. The highest BCUT2D eigenvalue weighted by molar-refractivity contribution is 5.76. The first-order valence-electron chi connectivity index (χ1n) is 40.1. The Labute approximate surface area is 545 Å². The van der Waals surface area contributed by atoms with Crippen molar-refractivity contribution in [3.05, 3.63) is 24.3 Å². The van der Waals surface area contributed by atoms with E-state index in [0.717, 1.165) is 44.9 Å². The fourth-order valence-corrected chi connectivity index (χ4v) is 12.9. The maximum atomic E-state index is 12.5. The number of hydrogen-bond donors (Lipinski definition) is 3. The zero-order chi connectivity index (χ0) is 62.8. The Morgan fingerprint density at radius 1 is 0.322 bits per heavy atom. The SMILES string of the molecule is CCCCC/C=C\C/C=C\CCCCCCCCCCCC(=O)OCCCCCCCCCCCCCCCCCCCCCCCCCCCCCCCCCCCCCCCC(=O)NC(CO)C(O)CCCCCCCCCCCCCCCC. The van der Waals surface area contributed by atoms with Crippen LogP contribution in [0.3, 0.4) is 0 Å². The van der Waals surface area contributed by atoms with Crippen LogP contribution in [0.4, 0.5) is 0 Å². The molecule has 0 aliphatic carbocycles. The molecule has 0 saturated carbocycles. The average molecular weight is 1230 g/mol. The van der Waals surface area contributed by atoms with Gasteiger partial charge in [0, 0.05) is 12.8 Å². The number of carbonyl (C=O) groups excluding carboxylic acids is 2. The summed E-state index contributed by atoms with van der Waals surface area (Å²) in [4.78, 5) is 24.6. The van der Waals surface area contributed by atoms with Gasteiger partial charge in [-0.3, -0.25) is 9.59 Å². The minimum absolute atomic E-state index is 0.0205. The lowest BCUT2D eigenvalue weighted by Crippen LogP contribution is -2.45. The van der Waals surface area contributed by atoms with Crippen LogP contribution >= 0.6 is 0 Å². The molecule has 0 aromatic rings. The van der Waals surface area contributed by atoms with E-state index in [4.69, 9.17) is 4.74 Å². The highest BCUT2D eigenvalue weighted by Crippen LogP contribution is 2.20. The summed E-state index contributed by atoms with van der Waals surface area (Å²) in [5, 5.41) is 23.3. The summed E-state index contributed by atoms with van der Waals surface area (Å²) < 4.78 is 5.52. The predicted molar refractivity (Wildman–Crippen MR) is 384 cm³/mol. The number of carbonyl (C=O) groups is 2. The number of esters is 1. The van der Waals surface area contributed by atoms with Gasteiger partial charge in [0.25, 0.3) is 0 Å². The molecule has 0 rings (SSSR count). The molecule has 87 heavy (non-hydrogen) atoms. The molecule has 0 aromatic carbocycles. The normalized spacial score (nSPS) is 12.6. The van der Waals surface area contributed by atoms with Crippen LogP contribution in [0.5, 0.6) is 0 Å². The molecule has 0 heterocycles. The molecule has 6 nitrogen and oxygen atoms in total. The molecule has 516 valence electrons. The Morgan fingerprint density at radius 2 is 0.575 bits per heavy atom. The summed E-state index contributed by atoms with van der Waals surface area (Å²) in [5.41, 5.74) is 0. The van der Waals surface area contributed by atoms with Crippen LogP contribution in [-0.2, 0) is 14.3 Å². The van der Waals surface area contributed by atoms with Gasteiger partial charge in [-0.1, -0.05) is 411 Å². The number of hydrogen-bond acceptors (Lipinski definition) is 5. The molecule has 0 saturated heterocycles. The second kappa shape index (κ2) is 76.8. The standard InChI is InChI=1S/C81H157NO5/c1-3-5-7-9-11-13-15-17-19-20-40-44-47-51-55-59-63-67-71-75-81(86)87-76-72-68-64-60-56-52-48-45-42-39-37-35-33-31-29-27-25-23-21-22-24-26-28-30-32-34-36-38-41-43-46-50-54-58-62-66-70-74-80(85)82-78(77-83)79(84)73-69-65-61-57-53-49-18-16-14-12-10-8-6-4-2/h11,13,17,19,78-79,83-84H,3-10,12,14-16,18,20-77H2,1-2H3,(H,82,85)/b13-11-,19-17-. The quantitative estimate of drug-likeness (QED) is 0.0320. The summed E-state index contributed by atoms with van der Waals surface area (Å²) in [6.45, 7) is 4.97. The van der Waals surface area contributed by atoms with E-state index in [-0.39, 0.29) is 18.5 Å². The molecule has 0 spiro atoms. The monoisotopic (exact) mass is 1220 g/mol. The van der Waals surface area contributed by atoms with Crippen molar-refractivity contribution in [1.29, 1.82) is 0 Å². The molecular weight excluding hydrogens is 1070 g/mol. The Kier molecular flexibility index (Phi) is 75.3. The number of aliphatic hydroxyl groups is 2. The molecule has 3 N–H and O–H groups in total. The molecule has 2 atom stereocenters. The van der Waals surface area contributed by atoms with Gasteiger partial charge in [0.05, 0.1) is 25.4 Å². The number of ether oxygens (including phenoxy) is 1. The van der Waals surface area contributed by atoms with Gasteiger partial charge in [-0.2, -0.15) is 0 Å². The van der Waals surface area contributed by atoms with Gasteiger partial charge in [-0.25, -0.2) is 0 Å². The van der Waals surface area contributed by atoms with E-state index in [0.29, 0.717) is 25.9 Å². The molecule has 6 heteroatoms. The Hall–Kier alpha value is -1.66. The van der Waals surface area contributed by atoms with Gasteiger partial charge in [0.2, 0.25) is 5.91 Å². The van der Waals surface area contributed by atoms with E-state index in [2.05, 4.69) is 43.5 Å². The fraction of sp³-hybridized carbons (Fsp3) is 0.926. The van der Waals surface area contributed by atoms with E-state index in [1.54, 1.807) is 0 Å². The van der Waals surface area contributed by atoms with Gasteiger partial charge in [-0.05, 0) is 57.8 Å². The second-order valence-corrected chi connectivity index (χ2v) is 27.8. The van der Waals surface area contributed by atoms with Gasteiger partial charge in [-0.15, -0.1) is 0 Å². The van der Waals surface area contributed by atoms with Gasteiger partial charge in [0.15, 0.2) is 0 Å². The number of aliphatic hydroxyl groups excluding tert-OH is 2. The molecule has 0 bridgehead atoms. The summed E-state index contributed by atoms with van der Waals surface area (Å²) >= 11 is 0. The van der Waals surface area contributed by atoms with E-state index in [1.165, 1.54) is 379 Å². The summed E-state index contributed by atoms with van der Waals surface area (Å²) in [5.74, 6) is -0.00547. The number of unbranched alkanes of at least 4 members (excludes halogenated alkanes) is 61. The van der Waals surface area contributed by atoms with Crippen LogP contribution in [0.15, 0.2) is 24.3 Å². The van der Waals surface area contributed by atoms with Crippen molar-refractivity contribution >= 4 is 11.9 Å². The highest BCUT2D eigenvalue weighted by Gasteiger charge is 2.20. The molecule has 1 amide bonds. The maximum Gasteiger partial charge on any atom is 0.305 e. The Morgan fingerprint density at radius 3 is 0.897 bits per heavy atom. The van der Waals surface area contributed by atoms with Crippen LogP contribution < -0.4 is 5.32 Å². The fourth-order valence-electron chi connectivity index (χ4n) is 12.9. The molecule has 0 aliphatic heterocycles. The zero-order valence-electron chi connectivity index (χ0n) is 59.3. The molecule has 0 aromatic heterocycles. The first-order valence-corrected chi connectivity index (χ1v) is 40.1. The molecule has 0 aliphatic rings. The third-order valence-electron chi connectivity index (χ3n) is 19.0. The van der Waals surface area contributed by atoms with Crippen molar-refractivity contribution in [2.24, 2.45) is 0 Å². The minimum atomic E-state index is -0.659. The number of nitrogens with one attached hydrogen (secondary N) is 1.